The van der Waals surface area contributed by atoms with Crippen molar-refractivity contribution in [3.8, 4) is 11.1 Å². The molecular weight excluding hydrogens is 366 g/mol. The standard InChI is InChI=1S/C23H19N3O3/c1-2-26-21-13-12-19(14-20(21)24-25-26)23(28)29-15-22(27)18-10-8-17(9-11-18)16-6-4-3-5-7-16/h3-14H,2,15H2,1H3. The molecule has 4 aromatic rings. The quantitative estimate of drug-likeness (QED) is 0.368. The van der Waals surface area contributed by atoms with Gasteiger partial charge in [-0.1, -0.05) is 59.8 Å². The molecule has 1 aromatic heterocycles. The fraction of sp³-hybridized carbons (Fsp3) is 0.130. The van der Waals surface area contributed by atoms with E-state index in [0.717, 1.165) is 16.6 Å². The summed E-state index contributed by atoms with van der Waals surface area (Å²) < 4.78 is 6.94. The van der Waals surface area contributed by atoms with Gasteiger partial charge in [-0.3, -0.25) is 4.79 Å². The number of Topliss-reactive ketones (excluding diaryl/α,β-unsaturated/α-hetero) is 1. The van der Waals surface area contributed by atoms with E-state index < -0.39 is 5.97 Å². The lowest BCUT2D eigenvalue weighted by atomic mass is 10.0. The molecule has 29 heavy (non-hydrogen) atoms. The van der Waals surface area contributed by atoms with Crippen molar-refractivity contribution in [2.75, 3.05) is 6.61 Å². The summed E-state index contributed by atoms with van der Waals surface area (Å²) in [6.07, 6.45) is 0. The first kappa shape index (κ1) is 18.6. The van der Waals surface area contributed by atoms with E-state index in [2.05, 4.69) is 10.3 Å². The third-order valence-electron chi connectivity index (χ3n) is 4.70. The summed E-state index contributed by atoms with van der Waals surface area (Å²) in [5.41, 5.74) is 4.40. The number of aryl methyl sites for hydroxylation is 1. The van der Waals surface area contributed by atoms with Crippen LogP contribution >= 0.6 is 0 Å². The van der Waals surface area contributed by atoms with Crippen molar-refractivity contribution >= 4 is 22.8 Å². The van der Waals surface area contributed by atoms with Crippen molar-refractivity contribution in [3.05, 3.63) is 83.9 Å². The molecule has 0 aliphatic rings. The summed E-state index contributed by atoms with van der Waals surface area (Å²) in [6.45, 7) is 2.34. The molecular formula is C23H19N3O3. The van der Waals surface area contributed by atoms with Crippen molar-refractivity contribution in [3.63, 3.8) is 0 Å². The van der Waals surface area contributed by atoms with Crippen LogP contribution in [0, 0.1) is 0 Å². The predicted molar refractivity (Wildman–Crippen MR) is 110 cm³/mol. The molecule has 0 bridgehead atoms. The first-order valence-corrected chi connectivity index (χ1v) is 9.35. The van der Waals surface area contributed by atoms with Gasteiger partial charge in [0.05, 0.1) is 11.1 Å². The molecule has 0 fully saturated rings. The van der Waals surface area contributed by atoms with Gasteiger partial charge in [0.15, 0.2) is 12.4 Å². The number of nitrogens with zero attached hydrogens (tertiary/aromatic N) is 3. The van der Waals surface area contributed by atoms with Crippen LogP contribution in [-0.2, 0) is 11.3 Å². The number of rotatable bonds is 6. The molecule has 144 valence electrons. The maximum atomic E-state index is 12.4. The average molecular weight is 385 g/mol. The second-order valence-corrected chi connectivity index (χ2v) is 6.55. The van der Waals surface area contributed by atoms with Gasteiger partial charge in [-0.2, -0.15) is 0 Å². The van der Waals surface area contributed by atoms with Crippen molar-refractivity contribution < 1.29 is 14.3 Å². The van der Waals surface area contributed by atoms with Gasteiger partial charge in [-0.05, 0) is 36.2 Å². The van der Waals surface area contributed by atoms with Gasteiger partial charge in [0.1, 0.15) is 5.52 Å². The van der Waals surface area contributed by atoms with Crippen LogP contribution in [0.5, 0.6) is 0 Å². The van der Waals surface area contributed by atoms with Crippen molar-refractivity contribution in [1.29, 1.82) is 0 Å². The van der Waals surface area contributed by atoms with Crippen molar-refractivity contribution in [2.24, 2.45) is 0 Å². The van der Waals surface area contributed by atoms with Crippen LogP contribution in [0.25, 0.3) is 22.2 Å². The van der Waals surface area contributed by atoms with Crippen LogP contribution in [0.15, 0.2) is 72.8 Å². The molecule has 0 aliphatic carbocycles. The molecule has 0 saturated carbocycles. The number of aromatic nitrogens is 3. The van der Waals surface area contributed by atoms with Gasteiger partial charge in [-0.25, -0.2) is 9.48 Å². The van der Waals surface area contributed by atoms with Gasteiger partial charge in [0.25, 0.3) is 0 Å². The molecule has 1 heterocycles. The molecule has 0 atom stereocenters. The molecule has 0 amide bonds. The van der Waals surface area contributed by atoms with Crippen LogP contribution in [0.3, 0.4) is 0 Å². The lowest BCUT2D eigenvalue weighted by molar-refractivity contribution is 0.0475. The van der Waals surface area contributed by atoms with E-state index in [4.69, 9.17) is 4.74 Å². The Morgan fingerprint density at radius 3 is 2.31 bits per heavy atom. The zero-order valence-corrected chi connectivity index (χ0v) is 15.9. The minimum absolute atomic E-state index is 0.254. The average Bonchev–Trinajstić information content (AvgIpc) is 3.20. The maximum absolute atomic E-state index is 12.4. The molecule has 0 spiro atoms. The van der Waals surface area contributed by atoms with Crippen LogP contribution in [0.2, 0.25) is 0 Å². The molecule has 6 heteroatoms. The number of fused-ring (bicyclic) bond motifs is 1. The Morgan fingerprint density at radius 1 is 0.897 bits per heavy atom. The number of carbonyl (C=O) groups excluding carboxylic acids is 2. The molecule has 6 nitrogen and oxygen atoms in total. The van der Waals surface area contributed by atoms with Gasteiger partial charge in [0.2, 0.25) is 0 Å². The van der Waals surface area contributed by atoms with E-state index in [1.54, 1.807) is 35.0 Å². The number of carbonyl (C=O) groups is 2. The van der Waals surface area contributed by atoms with E-state index in [1.165, 1.54) is 0 Å². The van der Waals surface area contributed by atoms with Crippen LogP contribution in [0.1, 0.15) is 27.6 Å². The van der Waals surface area contributed by atoms with E-state index in [0.29, 0.717) is 23.2 Å². The minimum Gasteiger partial charge on any atom is -0.454 e. The molecule has 0 unspecified atom stereocenters. The van der Waals surface area contributed by atoms with E-state index in [-0.39, 0.29) is 12.4 Å². The third-order valence-corrected chi connectivity index (χ3v) is 4.70. The Morgan fingerprint density at radius 2 is 1.59 bits per heavy atom. The van der Waals surface area contributed by atoms with E-state index in [1.807, 2.05) is 49.4 Å². The Hall–Kier alpha value is -3.80. The lowest BCUT2D eigenvalue weighted by Crippen LogP contribution is -2.14. The zero-order chi connectivity index (χ0) is 20.2. The summed E-state index contributed by atoms with van der Waals surface area (Å²) in [6, 6.07) is 22.2. The highest BCUT2D eigenvalue weighted by molar-refractivity contribution is 6.00. The molecule has 3 aromatic carbocycles. The van der Waals surface area contributed by atoms with E-state index in [9.17, 15) is 9.59 Å². The molecule has 0 aliphatic heterocycles. The second-order valence-electron chi connectivity index (χ2n) is 6.55. The highest BCUT2D eigenvalue weighted by Gasteiger charge is 2.14. The van der Waals surface area contributed by atoms with Crippen LogP contribution < -0.4 is 0 Å². The topological polar surface area (TPSA) is 74.1 Å². The zero-order valence-electron chi connectivity index (χ0n) is 15.9. The number of ketones is 1. The molecule has 4 rings (SSSR count). The van der Waals surface area contributed by atoms with Gasteiger partial charge in [0, 0.05) is 12.1 Å². The largest absolute Gasteiger partial charge is 0.454 e. The molecule has 0 radical (unpaired) electrons. The highest BCUT2D eigenvalue weighted by atomic mass is 16.5. The van der Waals surface area contributed by atoms with Crippen LogP contribution in [0.4, 0.5) is 0 Å². The monoisotopic (exact) mass is 385 g/mol. The van der Waals surface area contributed by atoms with E-state index >= 15 is 0 Å². The lowest BCUT2D eigenvalue weighted by Gasteiger charge is -2.06. The fourth-order valence-corrected chi connectivity index (χ4v) is 3.11. The minimum atomic E-state index is -0.563. The first-order valence-electron chi connectivity index (χ1n) is 9.35. The van der Waals surface area contributed by atoms with Crippen molar-refractivity contribution in [1.82, 2.24) is 15.0 Å². The number of ether oxygens (including phenoxy) is 1. The Kier molecular flexibility index (Phi) is 5.16. The summed E-state index contributed by atoms with van der Waals surface area (Å²) in [4.78, 5) is 24.7. The summed E-state index contributed by atoms with van der Waals surface area (Å²) in [7, 11) is 0. The highest BCUT2D eigenvalue weighted by Crippen LogP contribution is 2.19. The maximum Gasteiger partial charge on any atom is 0.338 e. The van der Waals surface area contributed by atoms with Gasteiger partial charge >= 0.3 is 5.97 Å². The molecule has 0 saturated heterocycles. The normalized spacial score (nSPS) is 10.8. The predicted octanol–water partition coefficient (Wildman–Crippen LogP) is 4.16. The first-order chi connectivity index (χ1) is 14.2. The molecule has 0 N–H and O–H groups in total. The number of esters is 1. The number of hydrogen-bond acceptors (Lipinski definition) is 5. The van der Waals surface area contributed by atoms with Gasteiger partial charge < -0.3 is 4.74 Å². The van der Waals surface area contributed by atoms with Crippen molar-refractivity contribution in [2.45, 2.75) is 13.5 Å². The summed E-state index contributed by atoms with van der Waals surface area (Å²) in [5.74, 6) is -0.817. The Bertz CT molecular complexity index is 1170. The Labute approximate surface area is 167 Å². The summed E-state index contributed by atoms with van der Waals surface area (Å²) >= 11 is 0. The summed E-state index contributed by atoms with van der Waals surface area (Å²) in [5, 5.41) is 8.06. The SMILES string of the molecule is CCn1nnc2cc(C(=O)OCC(=O)c3ccc(-c4ccccc4)cc3)ccc21. The third kappa shape index (κ3) is 3.91. The van der Waals surface area contributed by atoms with Gasteiger partial charge in [-0.15, -0.1) is 5.10 Å². The fourth-order valence-electron chi connectivity index (χ4n) is 3.11. The number of benzene rings is 3. The number of hydrogen-bond donors (Lipinski definition) is 0. The van der Waals surface area contributed by atoms with Crippen LogP contribution in [-0.4, -0.2) is 33.4 Å². The Balaban J connectivity index is 1.40. The smallest absolute Gasteiger partial charge is 0.338 e. The second kappa shape index (κ2) is 8.06.